The van der Waals surface area contributed by atoms with E-state index in [4.69, 9.17) is 0 Å². The highest BCUT2D eigenvalue weighted by Gasteiger charge is 2.42. The lowest BCUT2D eigenvalue weighted by atomic mass is 9.89. The van der Waals surface area contributed by atoms with Crippen LogP contribution in [0.25, 0.3) is 0 Å². The summed E-state index contributed by atoms with van der Waals surface area (Å²) in [7, 11) is 0. The molecular weight excluding hydrogens is 486 g/mol. The van der Waals surface area contributed by atoms with E-state index in [0.29, 0.717) is 45.1 Å². The van der Waals surface area contributed by atoms with Gasteiger partial charge in [0.1, 0.15) is 17.7 Å². The molecule has 1 aromatic carbocycles. The standard InChI is InChI=1S/C29H41N3O6/c1-19(33)24(34)15-9-5-8-13-21-18-25(35)23-14-10-16-32(23)27(37)22(17-20-11-6-4-7-12-20)30-28(38)29(2,3)31-26(21)36/h4,6-7,11-12,19,21-23,33H,5,8-10,13-18H2,1-3H3,(H,30,38)(H,31,36)/t19-,21-,22?,23-/m1/s1. The molecule has 0 saturated carbocycles. The molecular formula is C29H41N3O6. The minimum atomic E-state index is -1.29. The van der Waals surface area contributed by atoms with E-state index in [1.165, 1.54) is 6.92 Å². The summed E-state index contributed by atoms with van der Waals surface area (Å²) >= 11 is 0. The highest BCUT2D eigenvalue weighted by molar-refractivity contribution is 5.99. The molecule has 3 amide bonds. The minimum Gasteiger partial charge on any atom is -0.386 e. The van der Waals surface area contributed by atoms with Crippen LogP contribution in [-0.2, 0) is 30.4 Å². The summed E-state index contributed by atoms with van der Waals surface area (Å²) in [5, 5.41) is 15.0. The summed E-state index contributed by atoms with van der Waals surface area (Å²) < 4.78 is 0. The van der Waals surface area contributed by atoms with Gasteiger partial charge in [-0.1, -0.05) is 43.2 Å². The average Bonchev–Trinajstić information content (AvgIpc) is 3.36. The number of aliphatic hydroxyl groups excluding tert-OH is 1. The van der Waals surface area contributed by atoms with Crippen LogP contribution < -0.4 is 10.6 Å². The third-order valence-electron chi connectivity index (χ3n) is 7.56. The molecule has 3 N–H and O–H groups in total. The molecule has 2 aliphatic rings. The number of aliphatic hydroxyl groups is 1. The van der Waals surface area contributed by atoms with Crippen molar-refractivity contribution in [2.24, 2.45) is 5.92 Å². The van der Waals surface area contributed by atoms with Gasteiger partial charge in [0.2, 0.25) is 17.7 Å². The van der Waals surface area contributed by atoms with Gasteiger partial charge in [0.15, 0.2) is 11.6 Å². The molecule has 1 aromatic rings. The number of rotatable bonds is 9. The Balaban J connectivity index is 1.78. The SMILES string of the molecule is C[C@@H](O)C(=O)CCCCC[C@@H]1CC(=O)[C@H]2CCCN2C(=O)C(Cc2ccccc2)NC(=O)C(C)(C)NC1=O. The van der Waals surface area contributed by atoms with Crippen LogP contribution in [0.3, 0.4) is 0 Å². The van der Waals surface area contributed by atoms with Gasteiger partial charge in [-0.05, 0) is 52.0 Å². The molecule has 0 bridgehead atoms. The van der Waals surface area contributed by atoms with Crippen LogP contribution in [0.15, 0.2) is 30.3 Å². The number of hydrogen-bond acceptors (Lipinski definition) is 6. The number of amides is 3. The van der Waals surface area contributed by atoms with Crippen molar-refractivity contribution in [2.45, 2.75) is 102 Å². The van der Waals surface area contributed by atoms with E-state index in [2.05, 4.69) is 10.6 Å². The zero-order valence-electron chi connectivity index (χ0n) is 22.7. The third-order valence-corrected chi connectivity index (χ3v) is 7.56. The first-order valence-electron chi connectivity index (χ1n) is 13.7. The molecule has 1 unspecified atom stereocenters. The molecule has 0 spiro atoms. The van der Waals surface area contributed by atoms with Crippen LogP contribution in [0, 0.1) is 5.92 Å². The predicted molar refractivity (Wildman–Crippen MR) is 142 cm³/mol. The number of ketones is 2. The average molecular weight is 528 g/mol. The maximum absolute atomic E-state index is 13.7. The van der Waals surface area contributed by atoms with Gasteiger partial charge < -0.3 is 20.6 Å². The van der Waals surface area contributed by atoms with E-state index >= 15 is 0 Å². The van der Waals surface area contributed by atoms with Gasteiger partial charge in [-0.3, -0.25) is 24.0 Å². The van der Waals surface area contributed by atoms with E-state index in [0.717, 1.165) is 5.56 Å². The lowest BCUT2D eigenvalue weighted by molar-refractivity contribution is -0.144. The van der Waals surface area contributed by atoms with E-state index < -0.39 is 35.6 Å². The van der Waals surface area contributed by atoms with Crippen molar-refractivity contribution in [1.29, 1.82) is 0 Å². The van der Waals surface area contributed by atoms with Gasteiger partial charge in [-0.2, -0.15) is 0 Å². The van der Waals surface area contributed by atoms with Crippen molar-refractivity contribution in [1.82, 2.24) is 15.5 Å². The Labute approximate surface area is 224 Å². The zero-order chi connectivity index (χ0) is 27.9. The van der Waals surface area contributed by atoms with Gasteiger partial charge in [0.25, 0.3) is 0 Å². The first kappa shape index (κ1) is 29.5. The van der Waals surface area contributed by atoms with Crippen LogP contribution in [0.2, 0.25) is 0 Å². The van der Waals surface area contributed by atoms with Crippen LogP contribution >= 0.6 is 0 Å². The molecule has 208 valence electrons. The Bertz CT molecular complexity index is 1020. The first-order chi connectivity index (χ1) is 18.0. The number of carbonyl (C=O) groups excluding carboxylic acids is 5. The van der Waals surface area contributed by atoms with Crippen LogP contribution in [0.1, 0.15) is 77.7 Å². The fourth-order valence-corrected chi connectivity index (χ4v) is 5.20. The van der Waals surface area contributed by atoms with Gasteiger partial charge in [-0.25, -0.2) is 0 Å². The highest BCUT2D eigenvalue weighted by Crippen LogP contribution is 2.26. The van der Waals surface area contributed by atoms with E-state index in [9.17, 15) is 29.1 Å². The smallest absolute Gasteiger partial charge is 0.246 e. The largest absolute Gasteiger partial charge is 0.386 e. The van der Waals surface area contributed by atoms with Crippen molar-refractivity contribution < 1.29 is 29.1 Å². The normalized spacial score (nSPS) is 25.1. The number of nitrogens with one attached hydrogen (secondary N) is 2. The minimum absolute atomic E-state index is 0.00602. The molecule has 2 aliphatic heterocycles. The second-order valence-electron chi connectivity index (χ2n) is 11.1. The lowest BCUT2D eigenvalue weighted by Crippen LogP contribution is -2.61. The van der Waals surface area contributed by atoms with Crippen LogP contribution in [-0.4, -0.2) is 69.6 Å². The number of fused-ring (bicyclic) bond motifs is 1. The highest BCUT2D eigenvalue weighted by atomic mass is 16.3. The molecule has 9 nitrogen and oxygen atoms in total. The van der Waals surface area contributed by atoms with Crippen molar-refractivity contribution >= 4 is 29.3 Å². The second-order valence-corrected chi connectivity index (χ2v) is 11.1. The number of benzene rings is 1. The molecule has 4 atom stereocenters. The number of hydrogen-bond donors (Lipinski definition) is 3. The molecule has 2 fully saturated rings. The predicted octanol–water partition coefficient (Wildman–Crippen LogP) is 2.09. The van der Waals surface area contributed by atoms with Crippen molar-refractivity contribution in [3.8, 4) is 0 Å². The quantitative estimate of drug-likeness (QED) is 0.421. The summed E-state index contributed by atoms with van der Waals surface area (Å²) in [6, 6.07) is 7.94. The summed E-state index contributed by atoms with van der Waals surface area (Å²) in [6.45, 7) is 5.07. The Kier molecular flexibility index (Phi) is 10.2. The summed E-state index contributed by atoms with van der Waals surface area (Å²) in [4.78, 5) is 67.0. The fourth-order valence-electron chi connectivity index (χ4n) is 5.20. The molecule has 0 aliphatic carbocycles. The topological polar surface area (TPSA) is 133 Å². The van der Waals surface area contributed by atoms with E-state index in [-0.39, 0.29) is 42.6 Å². The molecule has 3 rings (SSSR count). The number of unbranched alkanes of at least 4 members (excludes halogenated alkanes) is 2. The summed E-state index contributed by atoms with van der Waals surface area (Å²) in [6.07, 6.45) is 3.11. The van der Waals surface area contributed by atoms with Crippen LogP contribution in [0.5, 0.6) is 0 Å². The second kappa shape index (κ2) is 13.1. The summed E-state index contributed by atoms with van der Waals surface area (Å²) in [5.41, 5.74) is -0.404. The van der Waals surface area contributed by atoms with Gasteiger partial charge in [0, 0.05) is 31.7 Å². The van der Waals surface area contributed by atoms with Crippen molar-refractivity contribution in [2.75, 3.05) is 6.54 Å². The Hall–Kier alpha value is -3.07. The van der Waals surface area contributed by atoms with Gasteiger partial charge in [0.05, 0.1) is 6.04 Å². The number of carbonyl (C=O) groups is 5. The first-order valence-corrected chi connectivity index (χ1v) is 13.7. The van der Waals surface area contributed by atoms with E-state index in [1.807, 2.05) is 30.3 Å². The summed E-state index contributed by atoms with van der Waals surface area (Å²) in [5.74, 6) is -2.09. The maximum atomic E-state index is 13.7. The Morgan fingerprint density at radius 3 is 2.50 bits per heavy atom. The fraction of sp³-hybridized carbons (Fsp3) is 0.621. The zero-order valence-corrected chi connectivity index (χ0v) is 22.7. The monoisotopic (exact) mass is 527 g/mol. The van der Waals surface area contributed by atoms with E-state index in [1.54, 1.807) is 18.7 Å². The molecule has 38 heavy (non-hydrogen) atoms. The lowest BCUT2D eigenvalue weighted by Gasteiger charge is -2.34. The van der Waals surface area contributed by atoms with Gasteiger partial charge >= 0.3 is 0 Å². The molecule has 2 heterocycles. The number of Topliss-reactive ketones (excluding diaryl/α,β-unsaturated/α-hetero) is 2. The van der Waals surface area contributed by atoms with Crippen molar-refractivity contribution in [3.05, 3.63) is 35.9 Å². The van der Waals surface area contributed by atoms with Crippen molar-refractivity contribution in [3.63, 3.8) is 0 Å². The molecule has 2 saturated heterocycles. The maximum Gasteiger partial charge on any atom is 0.246 e. The number of nitrogens with zero attached hydrogens (tertiary/aromatic N) is 1. The van der Waals surface area contributed by atoms with Gasteiger partial charge in [-0.15, -0.1) is 0 Å². The Morgan fingerprint density at radius 1 is 1.11 bits per heavy atom. The molecule has 9 heteroatoms. The molecule has 0 aromatic heterocycles. The van der Waals surface area contributed by atoms with Crippen LogP contribution in [0.4, 0.5) is 0 Å². The Morgan fingerprint density at radius 2 is 1.82 bits per heavy atom. The third kappa shape index (κ3) is 7.72. The molecule has 0 radical (unpaired) electrons.